The van der Waals surface area contributed by atoms with Crippen LogP contribution in [0.4, 0.5) is 0 Å². The summed E-state index contributed by atoms with van der Waals surface area (Å²) in [6, 6.07) is 6.50. The first-order valence-electron chi connectivity index (χ1n) is 6.27. The third-order valence-corrected chi connectivity index (χ3v) is 3.30. The van der Waals surface area contributed by atoms with Gasteiger partial charge in [-0.15, -0.1) is 0 Å². The van der Waals surface area contributed by atoms with Crippen molar-refractivity contribution in [1.29, 1.82) is 0 Å². The van der Waals surface area contributed by atoms with Gasteiger partial charge in [-0.1, -0.05) is 37.5 Å². The molecule has 0 aromatic heterocycles. The molecule has 1 aliphatic rings. The van der Waals surface area contributed by atoms with E-state index in [1.54, 1.807) is 24.3 Å². The van der Waals surface area contributed by atoms with Gasteiger partial charge in [0.05, 0.1) is 0 Å². The molecule has 0 spiro atoms. The predicted molar refractivity (Wildman–Crippen MR) is 68.2 cm³/mol. The van der Waals surface area contributed by atoms with E-state index in [1.165, 1.54) is 38.2 Å². The zero-order valence-corrected chi connectivity index (χ0v) is 9.93. The lowest BCUT2D eigenvalue weighted by Crippen LogP contribution is -2.04. The van der Waals surface area contributed by atoms with E-state index < -0.39 is 0 Å². The molecule has 2 rings (SSSR count). The van der Waals surface area contributed by atoms with Crippen molar-refractivity contribution < 1.29 is 9.90 Å². The summed E-state index contributed by atoms with van der Waals surface area (Å²) >= 11 is 0. The van der Waals surface area contributed by atoms with E-state index in [0.717, 1.165) is 0 Å². The molecule has 0 unspecified atom stereocenters. The minimum absolute atomic E-state index is 0.0218. The highest BCUT2D eigenvalue weighted by Gasteiger charge is 2.10. The van der Waals surface area contributed by atoms with Crippen LogP contribution in [0.3, 0.4) is 0 Å². The van der Waals surface area contributed by atoms with Gasteiger partial charge >= 0.3 is 0 Å². The lowest BCUT2D eigenvalue weighted by atomic mass is 9.89. The Morgan fingerprint density at radius 2 is 2.00 bits per heavy atom. The van der Waals surface area contributed by atoms with E-state index >= 15 is 0 Å². The number of hydrogen-bond donors (Lipinski definition) is 1. The number of hydrogen-bond acceptors (Lipinski definition) is 2. The fourth-order valence-electron chi connectivity index (χ4n) is 2.31. The van der Waals surface area contributed by atoms with Gasteiger partial charge in [-0.3, -0.25) is 4.79 Å². The maximum Gasteiger partial charge on any atom is 0.185 e. The molecule has 1 aromatic rings. The van der Waals surface area contributed by atoms with Crippen LogP contribution in [-0.2, 0) is 0 Å². The van der Waals surface area contributed by atoms with Gasteiger partial charge in [0.25, 0.3) is 0 Å². The lowest BCUT2D eigenvalue weighted by Gasteiger charge is -2.17. The molecular formula is C15H18O2. The van der Waals surface area contributed by atoms with Gasteiger partial charge in [0.2, 0.25) is 0 Å². The summed E-state index contributed by atoms with van der Waals surface area (Å²) in [5, 5.41) is 9.30. The summed E-state index contributed by atoms with van der Waals surface area (Å²) in [5.74, 6) is 0.679. The van der Waals surface area contributed by atoms with Crippen LogP contribution in [-0.4, -0.2) is 10.9 Å². The smallest absolute Gasteiger partial charge is 0.185 e. The summed E-state index contributed by atoms with van der Waals surface area (Å²) in [6.07, 6.45) is 9.96. The molecule has 1 saturated carbocycles. The van der Waals surface area contributed by atoms with Crippen LogP contribution in [0, 0.1) is 5.92 Å². The second-order valence-corrected chi connectivity index (χ2v) is 4.67. The Morgan fingerprint density at radius 1 is 1.24 bits per heavy atom. The number of carbonyl (C=O) groups excluding carboxylic acids is 1. The molecule has 17 heavy (non-hydrogen) atoms. The fraction of sp³-hybridized carbons (Fsp3) is 0.400. The molecule has 1 aliphatic carbocycles. The maximum atomic E-state index is 11.8. The van der Waals surface area contributed by atoms with Gasteiger partial charge in [0.1, 0.15) is 5.75 Å². The second kappa shape index (κ2) is 5.67. The number of phenols is 1. The number of aromatic hydroxyl groups is 1. The van der Waals surface area contributed by atoms with E-state index in [4.69, 9.17) is 0 Å². The number of ketones is 1. The van der Waals surface area contributed by atoms with E-state index in [9.17, 15) is 9.90 Å². The van der Waals surface area contributed by atoms with Crippen molar-refractivity contribution >= 4 is 5.78 Å². The summed E-state index contributed by atoms with van der Waals surface area (Å²) < 4.78 is 0. The van der Waals surface area contributed by atoms with Gasteiger partial charge in [-0.25, -0.2) is 0 Å². The molecule has 0 bridgehead atoms. The van der Waals surface area contributed by atoms with E-state index in [-0.39, 0.29) is 11.5 Å². The highest BCUT2D eigenvalue weighted by molar-refractivity contribution is 6.04. The van der Waals surface area contributed by atoms with Gasteiger partial charge < -0.3 is 5.11 Å². The van der Waals surface area contributed by atoms with Crippen molar-refractivity contribution in [3.8, 4) is 5.75 Å². The van der Waals surface area contributed by atoms with Gasteiger partial charge in [0, 0.05) is 5.56 Å². The van der Waals surface area contributed by atoms with Crippen molar-refractivity contribution in [1.82, 2.24) is 0 Å². The number of phenolic OH excluding ortho intramolecular Hbond substituents is 1. The number of rotatable bonds is 3. The minimum atomic E-state index is -0.0218. The SMILES string of the molecule is O=C(C=CC1CCCCC1)c1cccc(O)c1. The Hall–Kier alpha value is -1.57. The third kappa shape index (κ3) is 3.45. The first-order chi connectivity index (χ1) is 8.25. The molecule has 1 aromatic carbocycles. The molecule has 90 valence electrons. The highest BCUT2D eigenvalue weighted by atomic mass is 16.3. The van der Waals surface area contributed by atoms with Crippen LogP contribution in [0.2, 0.25) is 0 Å². The first-order valence-corrected chi connectivity index (χ1v) is 6.27. The van der Waals surface area contributed by atoms with Gasteiger partial charge in [-0.05, 0) is 37.0 Å². The van der Waals surface area contributed by atoms with Crippen molar-refractivity contribution in [3.05, 3.63) is 42.0 Å². The molecule has 0 amide bonds. The van der Waals surface area contributed by atoms with Gasteiger partial charge in [0.15, 0.2) is 5.78 Å². The molecule has 0 saturated heterocycles. The lowest BCUT2D eigenvalue weighted by molar-refractivity contribution is 0.104. The van der Waals surface area contributed by atoms with Crippen LogP contribution in [0.1, 0.15) is 42.5 Å². The Bertz CT molecular complexity index is 415. The Balaban J connectivity index is 1.98. The van der Waals surface area contributed by atoms with Crippen molar-refractivity contribution in [3.63, 3.8) is 0 Å². The molecule has 0 atom stereocenters. The van der Waals surface area contributed by atoms with Crippen LogP contribution >= 0.6 is 0 Å². The van der Waals surface area contributed by atoms with Crippen LogP contribution < -0.4 is 0 Å². The number of carbonyl (C=O) groups is 1. The van der Waals surface area contributed by atoms with Crippen LogP contribution in [0.15, 0.2) is 36.4 Å². The Labute approximate surface area is 102 Å². The van der Waals surface area contributed by atoms with Crippen molar-refractivity contribution in [2.45, 2.75) is 32.1 Å². The average molecular weight is 230 g/mol. The average Bonchev–Trinajstić information content (AvgIpc) is 2.37. The topological polar surface area (TPSA) is 37.3 Å². The molecule has 2 heteroatoms. The summed E-state index contributed by atoms with van der Waals surface area (Å²) in [4.78, 5) is 11.8. The minimum Gasteiger partial charge on any atom is -0.508 e. The Morgan fingerprint density at radius 3 is 2.71 bits per heavy atom. The first kappa shape index (κ1) is 11.9. The monoisotopic (exact) mass is 230 g/mol. The van der Waals surface area contributed by atoms with Crippen molar-refractivity contribution in [2.75, 3.05) is 0 Å². The molecule has 0 radical (unpaired) electrons. The number of allylic oxidation sites excluding steroid dienone is 2. The summed E-state index contributed by atoms with van der Waals surface area (Å²) in [7, 11) is 0. The molecule has 1 fully saturated rings. The van der Waals surface area contributed by atoms with Gasteiger partial charge in [-0.2, -0.15) is 0 Å². The second-order valence-electron chi connectivity index (χ2n) is 4.67. The van der Waals surface area contributed by atoms with Crippen molar-refractivity contribution in [2.24, 2.45) is 5.92 Å². The standard InChI is InChI=1S/C15H18O2/c16-14-8-4-7-13(11-14)15(17)10-9-12-5-2-1-3-6-12/h4,7-12,16H,1-3,5-6H2. The number of benzene rings is 1. The molecular weight excluding hydrogens is 212 g/mol. The van der Waals surface area contributed by atoms with E-state index in [0.29, 0.717) is 11.5 Å². The fourth-order valence-corrected chi connectivity index (χ4v) is 2.31. The molecule has 0 aliphatic heterocycles. The zero-order valence-electron chi connectivity index (χ0n) is 9.93. The molecule has 1 N–H and O–H groups in total. The van der Waals surface area contributed by atoms with Crippen LogP contribution in [0.5, 0.6) is 5.75 Å². The molecule has 2 nitrogen and oxygen atoms in total. The van der Waals surface area contributed by atoms with Crippen LogP contribution in [0.25, 0.3) is 0 Å². The quantitative estimate of drug-likeness (QED) is 0.635. The summed E-state index contributed by atoms with van der Waals surface area (Å²) in [5.41, 5.74) is 0.553. The Kier molecular flexibility index (Phi) is 3.97. The zero-order chi connectivity index (χ0) is 12.1. The molecule has 0 heterocycles. The third-order valence-electron chi connectivity index (χ3n) is 3.30. The summed E-state index contributed by atoms with van der Waals surface area (Å²) in [6.45, 7) is 0. The predicted octanol–water partition coefficient (Wildman–Crippen LogP) is 3.71. The largest absolute Gasteiger partial charge is 0.508 e. The normalized spacial score (nSPS) is 17.4. The highest BCUT2D eigenvalue weighted by Crippen LogP contribution is 2.24. The van der Waals surface area contributed by atoms with E-state index in [2.05, 4.69) is 0 Å². The van der Waals surface area contributed by atoms with E-state index in [1.807, 2.05) is 6.08 Å². The maximum absolute atomic E-state index is 11.8.